The largest absolute Gasteiger partial charge is 0.496 e. The Bertz CT molecular complexity index is 1060. The zero-order valence-corrected chi connectivity index (χ0v) is 16.0. The Morgan fingerprint density at radius 2 is 2.04 bits per heavy atom. The van der Waals surface area contributed by atoms with Gasteiger partial charge in [0.2, 0.25) is 4.96 Å². The van der Waals surface area contributed by atoms with E-state index < -0.39 is 5.76 Å². The molecule has 0 aliphatic carbocycles. The Morgan fingerprint density at radius 1 is 1.19 bits per heavy atom. The molecule has 0 radical (unpaired) electrons. The molecule has 2 aromatic carbocycles. The molecule has 0 bridgehead atoms. The van der Waals surface area contributed by atoms with E-state index in [1.165, 1.54) is 7.11 Å². The molecule has 0 atom stereocenters. The van der Waals surface area contributed by atoms with Crippen LogP contribution < -0.4 is 4.74 Å². The van der Waals surface area contributed by atoms with Crippen molar-refractivity contribution in [2.24, 2.45) is 0 Å². The summed E-state index contributed by atoms with van der Waals surface area (Å²) in [5.74, 6) is -1.37. The number of thioether (sulfide) groups is 2. The third-order valence-corrected chi connectivity index (χ3v) is 6.50. The Labute approximate surface area is 160 Å². The van der Waals surface area contributed by atoms with Crippen molar-refractivity contribution in [2.45, 2.75) is 21.6 Å². The highest BCUT2D eigenvalue weighted by molar-refractivity contribution is 7.99. The molecule has 9 heteroatoms. The number of thiazole rings is 1. The quantitative estimate of drug-likeness (QED) is 0.390. The van der Waals surface area contributed by atoms with Crippen molar-refractivity contribution in [2.75, 3.05) is 7.11 Å². The van der Waals surface area contributed by atoms with Crippen LogP contribution in [0.1, 0.15) is 5.56 Å². The van der Waals surface area contributed by atoms with Crippen LogP contribution in [0.5, 0.6) is 5.75 Å². The lowest BCUT2D eigenvalue weighted by Crippen LogP contribution is -1.92. The number of aromatic nitrogens is 3. The zero-order valence-electron chi connectivity index (χ0n) is 13.6. The molecule has 0 amide bonds. The molecule has 2 heterocycles. The summed E-state index contributed by atoms with van der Waals surface area (Å²) >= 11 is 3.64. The predicted molar refractivity (Wildman–Crippen MR) is 103 cm³/mol. The van der Waals surface area contributed by atoms with Gasteiger partial charge in [-0.1, -0.05) is 53.1 Å². The summed E-state index contributed by atoms with van der Waals surface area (Å²) in [5.41, 5.74) is 2.06. The number of fused-ring (bicyclic) bond motifs is 3. The molecule has 0 N–H and O–H groups in total. The average molecular weight is 410 g/mol. The van der Waals surface area contributed by atoms with E-state index in [4.69, 9.17) is 4.74 Å². The molecule has 0 aliphatic rings. The topological polar surface area (TPSA) is 39.4 Å². The lowest BCUT2D eigenvalue weighted by atomic mass is 10.2. The fourth-order valence-electron chi connectivity index (χ4n) is 2.59. The summed E-state index contributed by atoms with van der Waals surface area (Å²) in [5, 5.41) is 9.33. The van der Waals surface area contributed by atoms with Crippen LogP contribution in [0.15, 0.2) is 52.5 Å². The third kappa shape index (κ3) is 3.38. The van der Waals surface area contributed by atoms with Crippen molar-refractivity contribution >= 4 is 50.0 Å². The van der Waals surface area contributed by atoms with Crippen LogP contribution in [0.2, 0.25) is 0 Å². The maximum Gasteiger partial charge on any atom is 0.289 e. The molecule has 26 heavy (non-hydrogen) atoms. The van der Waals surface area contributed by atoms with Crippen LogP contribution in [0, 0.1) is 0 Å². The van der Waals surface area contributed by atoms with Crippen molar-refractivity contribution < 1.29 is 13.5 Å². The second-order valence-electron chi connectivity index (χ2n) is 5.32. The number of nitrogens with zero attached hydrogens (tertiary/aromatic N) is 3. The zero-order chi connectivity index (χ0) is 18.1. The fraction of sp³-hybridized carbons (Fsp3) is 0.176. The monoisotopic (exact) mass is 409 g/mol. The lowest BCUT2D eigenvalue weighted by molar-refractivity contribution is 0.251. The second-order valence-corrected chi connectivity index (χ2v) is 8.31. The number of para-hydroxylation sites is 1. The molecule has 4 rings (SSSR count). The number of halogens is 2. The first-order valence-corrected chi connectivity index (χ1v) is 10.3. The first-order valence-electron chi connectivity index (χ1n) is 7.63. The first kappa shape index (κ1) is 17.6. The molecule has 0 aliphatic heterocycles. The van der Waals surface area contributed by atoms with Crippen molar-refractivity contribution in [1.29, 1.82) is 0 Å². The van der Waals surface area contributed by atoms with Gasteiger partial charge in [-0.25, -0.2) is 0 Å². The molecule has 0 fully saturated rings. The van der Waals surface area contributed by atoms with Crippen LogP contribution in [-0.4, -0.2) is 27.5 Å². The van der Waals surface area contributed by atoms with Gasteiger partial charge in [0.1, 0.15) is 5.75 Å². The van der Waals surface area contributed by atoms with Crippen LogP contribution in [0.25, 0.3) is 15.2 Å². The van der Waals surface area contributed by atoms with Crippen molar-refractivity contribution in [3.63, 3.8) is 0 Å². The minimum absolute atomic E-state index is 0.435. The summed E-state index contributed by atoms with van der Waals surface area (Å²) < 4.78 is 33.7. The van der Waals surface area contributed by atoms with E-state index in [1.807, 2.05) is 28.7 Å². The minimum atomic E-state index is -2.47. The molecular formula is C17H13F2N3OS3. The predicted octanol–water partition coefficient (Wildman–Crippen LogP) is 5.56. The summed E-state index contributed by atoms with van der Waals surface area (Å²) in [7, 11) is 1.49. The van der Waals surface area contributed by atoms with E-state index in [0.29, 0.717) is 28.2 Å². The van der Waals surface area contributed by atoms with Crippen molar-refractivity contribution in [3.05, 3.63) is 48.0 Å². The summed E-state index contributed by atoms with van der Waals surface area (Å²) in [4.78, 5) is 1.29. The van der Waals surface area contributed by atoms with Gasteiger partial charge in [0.25, 0.3) is 5.76 Å². The number of hydrogen-bond acceptors (Lipinski definition) is 6. The Morgan fingerprint density at radius 3 is 2.85 bits per heavy atom. The number of ether oxygens (including phenoxy) is 1. The van der Waals surface area contributed by atoms with E-state index >= 15 is 0 Å². The summed E-state index contributed by atoms with van der Waals surface area (Å²) in [6.07, 6.45) is 0. The minimum Gasteiger partial charge on any atom is -0.496 e. The standard InChI is InChI=1S/C17H13F2N3OS3/c1-23-12-8-10(6-7-14(12)25-15(18)19)9-24-16-20-21-17-22(16)11-4-2-3-5-13(11)26-17/h2-8,15H,9H2,1H3. The number of methoxy groups -OCH3 is 1. The second kappa shape index (κ2) is 7.42. The normalized spacial score (nSPS) is 11.7. The number of benzene rings is 2. The maximum atomic E-state index is 12.6. The SMILES string of the molecule is COc1cc(CSc2nnc3sc4ccccc4n23)ccc1SC(F)F. The van der Waals surface area contributed by atoms with Gasteiger partial charge in [0, 0.05) is 5.75 Å². The summed E-state index contributed by atoms with van der Waals surface area (Å²) in [6.45, 7) is 0. The van der Waals surface area contributed by atoms with E-state index in [2.05, 4.69) is 16.3 Å². The first-order chi connectivity index (χ1) is 12.7. The van der Waals surface area contributed by atoms with Crippen molar-refractivity contribution in [1.82, 2.24) is 14.6 Å². The van der Waals surface area contributed by atoms with E-state index in [1.54, 1.807) is 35.2 Å². The van der Waals surface area contributed by atoms with E-state index in [-0.39, 0.29) is 0 Å². The van der Waals surface area contributed by atoms with Crippen LogP contribution in [0.3, 0.4) is 0 Å². The molecule has 2 aromatic heterocycles. The highest BCUT2D eigenvalue weighted by atomic mass is 32.2. The van der Waals surface area contributed by atoms with Gasteiger partial charge in [-0.2, -0.15) is 8.78 Å². The van der Waals surface area contributed by atoms with Crippen LogP contribution in [-0.2, 0) is 5.75 Å². The fourth-order valence-corrected chi connectivity index (χ4v) is 5.10. The lowest BCUT2D eigenvalue weighted by Gasteiger charge is -2.09. The van der Waals surface area contributed by atoms with Gasteiger partial charge in [-0.05, 0) is 29.8 Å². The average Bonchev–Trinajstić information content (AvgIpc) is 3.19. The number of alkyl halides is 2. The number of hydrogen-bond donors (Lipinski definition) is 0. The van der Waals surface area contributed by atoms with Gasteiger partial charge in [-0.3, -0.25) is 4.40 Å². The van der Waals surface area contributed by atoms with Gasteiger partial charge >= 0.3 is 0 Å². The van der Waals surface area contributed by atoms with Gasteiger partial charge in [0.05, 0.1) is 22.2 Å². The van der Waals surface area contributed by atoms with E-state index in [9.17, 15) is 8.78 Å². The number of rotatable bonds is 6. The van der Waals surface area contributed by atoms with Gasteiger partial charge in [-0.15, -0.1) is 10.2 Å². The molecule has 0 saturated carbocycles. The Hall–Kier alpha value is -1.84. The van der Waals surface area contributed by atoms with Crippen LogP contribution >= 0.6 is 34.9 Å². The van der Waals surface area contributed by atoms with Crippen LogP contribution in [0.4, 0.5) is 8.78 Å². The molecule has 4 nitrogen and oxygen atoms in total. The highest BCUT2D eigenvalue weighted by Crippen LogP contribution is 2.36. The third-order valence-electron chi connectivity index (χ3n) is 3.72. The molecular weight excluding hydrogens is 396 g/mol. The molecule has 0 spiro atoms. The summed E-state index contributed by atoms with van der Waals surface area (Å²) in [6, 6.07) is 13.4. The van der Waals surface area contributed by atoms with Crippen molar-refractivity contribution in [3.8, 4) is 5.75 Å². The van der Waals surface area contributed by atoms with Gasteiger partial charge in [0.15, 0.2) is 5.16 Å². The Kier molecular flexibility index (Phi) is 5.01. The molecule has 4 aromatic rings. The van der Waals surface area contributed by atoms with E-state index in [0.717, 1.165) is 25.9 Å². The highest BCUT2D eigenvalue weighted by Gasteiger charge is 2.14. The smallest absolute Gasteiger partial charge is 0.289 e. The molecule has 0 unspecified atom stereocenters. The Balaban J connectivity index is 1.58. The van der Waals surface area contributed by atoms with Gasteiger partial charge < -0.3 is 4.74 Å². The maximum absolute atomic E-state index is 12.6. The molecule has 0 saturated heterocycles. The molecule has 134 valence electrons.